The molecular weight excluding hydrogens is 454 g/mol. The van der Waals surface area contributed by atoms with Gasteiger partial charge in [0.2, 0.25) is 5.91 Å². The number of carbonyl (C=O) groups excluding carboxylic acids is 1. The number of hydrogen-bond donors (Lipinski definition) is 2. The van der Waals surface area contributed by atoms with Crippen LogP contribution in [0.3, 0.4) is 0 Å². The molecule has 0 fully saturated rings. The number of carbonyl (C=O) groups is 1. The van der Waals surface area contributed by atoms with Crippen molar-refractivity contribution in [2.75, 3.05) is 11.9 Å². The summed E-state index contributed by atoms with van der Waals surface area (Å²) in [6, 6.07) is 7.58. The van der Waals surface area contributed by atoms with E-state index in [-0.39, 0.29) is 30.6 Å². The number of benzene rings is 2. The molecule has 11 heteroatoms. The number of rotatable bonds is 7. The van der Waals surface area contributed by atoms with Gasteiger partial charge in [0.25, 0.3) is 0 Å². The van der Waals surface area contributed by atoms with Gasteiger partial charge in [-0.25, -0.2) is 14.4 Å². The van der Waals surface area contributed by atoms with Crippen LogP contribution in [0.1, 0.15) is 18.4 Å². The van der Waals surface area contributed by atoms with Crippen LogP contribution in [0.2, 0.25) is 0 Å². The van der Waals surface area contributed by atoms with Gasteiger partial charge in [0.1, 0.15) is 12.4 Å². The predicted octanol–water partition coefficient (Wildman–Crippen LogP) is 4.77. The molecule has 4 aromatic rings. The molecule has 2 aromatic carbocycles. The summed E-state index contributed by atoms with van der Waals surface area (Å²) in [6.07, 6.45) is -1.68. The van der Waals surface area contributed by atoms with Crippen LogP contribution in [0.25, 0.3) is 22.4 Å². The lowest BCUT2D eigenvalue weighted by Crippen LogP contribution is -2.36. The Balaban J connectivity index is 1.32. The second kappa shape index (κ2) is 9.16. The van der Waals surface area contributed by atoms with Gasteiger partial charge in [0.15, 0.2) is 11.7 Å². The van der Waals surface area contributed by atoms with Crippen molar-refractivity contribution in [3.8, 4) is 11.3 Å². The Morgan fingerprint density at radius 2 is 1.97 bits per heavy atom. The molecule has 0 saturated carbocycles. The van der Waals surface area contributed by atoms with E-state index in [9.17, 15) is 22.4 Å². The zero-order valence-corrected chi connectivity index (χ0v) is 18.3. The van der Waals surface area contributed by atoms with Crippen molar-refractivity contribution >= 4 is 22.6 Å². The number of oxazole rings is 1. The summed E-state index contributed by atoms with van der Waals surface area (Å²) in [5.41, 5.74) is 0.604. The van der Waals surface area contributed by atoms with Gasteiger partial charge in [-0.3, -0.25) is 4.79 Å². The molecule has 7 nitrogen and oxygen atoms in total. The number of anilines is 1. The molecule has 0 aliphatic heterocycles. The molecule has 0 unspecified atom stereocenters. The van der Waals surface area contributed by atoms with Crippen molar-refractivity contribution < 1.29 is 26.8 Å². The van der Waals surface area contributed by atoms with Crippen LogP contribution in [0.5, 0.6) is 0 Å². The predicted molar refractivity (Wildman–Crippen MR) is 117 cm³/mol. The van der Waals surface area contributed by atoms with E-state index < -0.39 is 17.6 Å². The number of nitrogens with one attached hydrogen (secondary N) is 2. The van der Waals surface area contributed by atoms with E-state index in [1.54, 1.807) is 19.1 Å². The lowest BCUT2D eigenvalue weighted by molar-refractivity contribution is -0.137. The van der Waals surface area contributed by atoms with Crippen LogP contribution >= 0.6 is 0 Å². The number of fused-ring (bicyclic) bond motifs is 1. The average Bonchev–Trinajstić information content (AvgIpc) is 3.37. The molecule has 2 aromatic heterocycles. The molecule has 34 heavy (non-hydrogen) atoms. The fourth-order valence-electron chi connectivity index (χ4n) is 3.47. The molecule has 0 aliphatic carbocycles. The zero-order chi connectivity index (χ0) is 24.5. The fraction of sp³-hybridized carbons (Fsp3) is 0.261. The number of amides is 1. The normalized spacial score (nSPS) is 12.6. The molecule has 178 valence electrons. The minimum Gasteiger partial charge on any atom is -0.441 e. The van der Waals surface area contributed by atoms with E-state index >= 15 is 0 Å². The monoisotopic (exact) mass is 475 g/mol. The summed E-state index contributed by atoms with van der Waals surface area (Å²) in [5, 5.41) is 5.85. The van der Waals surface area contributed by atoms with Crippen LogP contribution < -0.4 is 10.6 Å². The topological polar surface area (TPSA) is 85.0 Å². The minimum absolute atomic E-state index is 0.103. The molecule has 0 bridgehead atoms. The van der Waals surface area contributed by atoms with Crippen molar-refractivity contribution in [3.05, 3.63) is 66.2 Å². The van der Waals surface area contributed by atoms with Gasteiger partial charge in [0, 0.05) is 25.2 Å². The second-order valence-electron chi connectivity index (χ2n) is 7.86. The molecular formula is C23H21F4N5O2. The van der Waals surface area contributed by atoms with Crippen LogP contribution in [0, 0.1) is 12.7 Å². The van der Waals surface area contributed by atoms with Crippen LogP contribution in [0.15, 0.2) is 53.3 Å². The number of aromatic nitrogens is 3. The molecule has 1 amide bonds. The number of aryl methyl sites for hydroxylation is 1. The third kappa shape index (κ3) is 5.19. The first-order valence-electron chi connectivity index (χ1n) is 10.4. The van der Waals surface area contributed by atoms with Gasteiger partial charge >= 0.3 is 6.18 Å². The van der Waals surface area contributed by atoms with E-state index in [0.29, 0.717) is 28.4 Å². The highest BCUT2D eigenvalue weighted by Gasteiger charge is 2.30. The Morgan fingerprint density at radius 3 is 2.65 bits per heavy atom. The zero-order valence-electron chi connectivity index (χ0n) is 18.3. The minimum atomic E-state index is -4.46. The summed E-state index contributed by atoms with van der Waals surface area (Å²) < 4.78 is 59.9. The van der Waals surface area contributed by atoms with Gasteiger partial charge in [-0.15, -0.1) is 0 Å². The maximum Gasteiger partial charge on any atom is 0.416 e. The van der Waals surface area contributed by atoms with E-state index in [4.69, 9.17) is 4.42 Å². The second-order valence-corrected chi connectivity index (χ2v) is 7.86. The van der Waals surface area contributed by atoms with Crippen molar-refractivity contribution in [1.29, 1.82) is 0 Å². The molecule has 0 saturated heterocycles. The number of hydrogen-bond acceptors (Lipinski definition) is 5. The van der Waals surface area contributed by atoms with Crippen molar-refractivity contribution in [2.24, 2.45) is 0 Å². The average molecular weight is 475 g/mol. The van der Waals surface area contributed by atoms with E-state index in [1.165, 1.54) is 29.2 Å². The standard InChI is InChI=1S/C23H21F4N5O2/c1-13(31-16-4-5-17(18(24)8-16)21-10-28-14(2)34-21)9-29-22(33)11-32-12-30-19-7-15(23(25,26)27)3-6-20(19)32/h3-8,10,12-13,31H,9,11H2,1-2H3,(H,29,33)/t13-/m0/s1. The number of alkyl halides is 3. The number of nitrogens with zero attached hydrogens (tertiary/aromatic N) is 3. The van der Waals surface area contributed by atoms with Crippen LogP contribution in [-0.4, -0.2) is 33.0 Å². The lowest BCUT2D eigenvalue weighted by atomic mass is 10.1. The molecule has 0 aliphatic rings. The maximum atomic E-state index is 14.5. The van der Waals surface area contributed by atoms with Gasteiger partial charge in [-0.1, -0.05) is 0 Å². The summed E-state index contributed by atoms with van der Waals surface area (Å²) in [7, 11) is 0. The fourth-order valence-corrected chi connectivity index (χ4v) is 3.47. The summed E-state index contributed by atoms with van der Waals surface area (Å²) in [6.45, 7) is 3.63. The summed E-state index contributed by atoms with van der Waals surface area (Å²) >= 11 is 0. The van der Waals surface area contributed by atoms with E-state index in [2.05, 4.69) is 20.6 Å². The van der Waals surface area contributed by atoms with Crippen molar-refractivity contribution in [3.63, 3.8) is 0 Å². The van der Waals surface area contributed by atoms with Gasteiger partial charge < -0.3 is 19.6 Å². The summed E-state index contributed by atoms with van der Waals surface area (Å²) in [4.78, 5) is 20.3. The Morgan fingerprint density at radius 1 is 1.18 bits per heavy atom. The number of imidazole rings is 1. The SMILES string of the molecule is Cc1ncc(-c2ccc(N[C@@H](C)CNC(=O)Cn3cnc4cc(C(F)(F)F)ccc43)cc2F)o1. The largest absolute Gasteiger partial charge is 0.441 e. The maximum absolute atomic E-state index is 14.5. The molecule has 2 heterocycles. The van der Waals surface area contributed by atoms with E-state index in [1.807, 2.05) is 6.92 Å². The number of halogens is 4. The summed E-state index contributed by atoms with van der Waals surface area (Å²) in [5.74, 6) is -0.0349. The molecule has 1 atom stereocenters. The van der Waals surface area contributed by atoms with Crippen molar-refractivity contribution in [2.45, 2.75) is 32.6 Å². The Bertz CT molecular complexity index is 1330. The van der Waals surface area contributed by atoms with Gasteiger partial charge in [-0.2, -0.15) is 13.2 Å². The van der Waals surface area contributed by atoms with Crippen LogP contribution in [-0.2, 0) is 17.5 Å². The molecule has 4 rings (SSSR count). The smallest absolute Gasteiger partial charge is 0.416 e. The third-order valence-corrected chi connectivity index (χ3v) is 5.14. The van der Waals surface area contributed by atoms with Crippen LogP contribution in [0.4, 0.5) is 23.2 Å². The Kier molecular flexibility index (Phi) is 6.27. The Labute approximate surface area is 191 Å². The highest BCUT2D eigenvalue weighted by atomic mass is 19.4. The van der Waals surface area contributed by atoms with Gasteiger partial charge in [-0.05, 0) is 43.3 Å². The third-order valence-electron chi connectivity index (χ3n) is 5.14. The quantitative estimate of drug-likeness (QED) is 0.376. The first kappa shape index (κ1) is 23.3. The Hall–Kier alpha value is -3.89. The van der Waals surface area contributed by atoms with E-state index in [0.717, 1.165) is 12.1 Å². The van der Waals surface area contributed by atoms with Gasteiger partial charge in [0.05, 0.1) is 34.7 Å². The highest BCUT2D eigenvalue weighted by molar-refractivity contribution is 5.81. The first-order chi connectivity index (χ1) is 16.1. The first-order valence-corrected chi connectivity index (χ1v) is 10.4. The molecule has 0 radical (unpaired) electrons. The van der Waals surface area contributed by atoms with Crippen molar-refractivity contribution in [1.82, 2.24) is 19.9 Å². The highest BCUT2D eigenvalue weighted by Crippen LogP contribution is 2.31. The molecule has 0 spiro atoms. The lowest BCUT2D eigenvalue weighted by Gasteiger charge is -2.17. The molecule has 2 N–H and O–H groups in total.